The molecule has 4 rings (SSSR count). The second-order valence-corrected chi connectivity index (χ2v) is 12.1. The minimum absolute atomic E-state index is 0.0303. The molecule has 0 spiro atoms. The van der Waals surface area contributed by atoms with Crippen LogP contribution in [0.3, 0.4) is 0 Å². The number of aromatic nitrogens is 3. The third kappa shape index (κ3) is 6.66. The summed E-state index contributed by atoms with van der Waals surface area (Å²) < 4.78 is 71.9. The van der Waals surface area contributed by atoms with Crippen molar-refractivity contribution in [1.29, 1.82) is 0 Å². The molecule has 3 aromatic rings. The molecule has 0 N–H and O–H groups in total. The van der Waals surface area contributed by atoms with E-state index in [1.807, 2.05) is 19.0 Å². The first kappa shape index (κ1) is 27.5. The van der Waals surface area contributed by atoms with Crippen molar-refractivity contribution in [2.45, 2.75) is 54.2 Å². The van der Waals surface area contributed by atoms with Gasteiger partial charge in [0.2, 0.25) is 5.88 Å². The Morgan fingerprint density at radius 2 is 1.92 bits per heavy atom. The number of ether oxygens (including phenoxy) is 1. The van der Waals surface area contributed by atoms with E-state index in [1.54, 1.807) is 6.07 Å². The first-order valence-electron chi connectivity index (χ1n) is 11.6. The maximum Gasteiger partial charge on any atom is 0.416 e. The second kappa shape index (κ2) is 11.0. The molecule has 1 aliphatic rings. The van der Waals surface area contributed by atoms with E-state index in [0.717, 1.165) is 6.07 Å². The van der Waals surface area contributed by atoms with Gasteiger partial charge in [0.05, 0.1) is 26.4 Å². The summed E-state index contributed by atoms with van der Waals surface area (Å²) in [5.41, 5.74) is 0.392. The molecule has 1 fully saturated rings. The van der Waals surface area contributed by atoms with Gasteiger partial charge in [-0.05, 0) is 79.0 Å². The van der Waals surface area contributed by atoms with E-state index < -0.39 is 21.6 Å². The number of halogens is 4. The molecule has 2 heterocycles. The first-order chi connectivity index (χ1) is 17.4. The zero-order valence-electron chi connectivity index (χ0n) is 20.2. The first-order valence-corrected chi connectivity index (χ1v) is 14.0. The molecule has 0 aliphatic heterocycles. The molecule has 3 atom stereocenters. The molecule has 198 valence electrons. The Morgan fingerprint density at radius 3 is 2.57 bits per heavy atom. The van der Waals surface area contributed by atoms with Gasteiger partial charge in [-0.15, -0.1) is 0 Å². The van der Waals surface area contributed by atoms with Crippen LogP contribution in [0.5, 0.6) is 5.88 Å². The lowest BCUT2D eigenvalue weighted by molar-refractivity contribution is -0.137. The molecule has 1 aromatic carbocycles. The Balaban J connectivity index is 1.48. The summed E-state index contributed by atoms with van der Waals surface area (Å²) in [6.45, 7) is 0. The molecule has 7 nitrogen and oxygen atoms in total. The lowest BCUT2D eigenvalue weighted by Crippen LogP contribution is -2.46. The molecule has 12 heteroatoms. The molecule has 0 saturated heterocycles. The van der Waals surface area contributed by atoms with Crippen LogP contribution in [0.1, 0.15) is 42.0 Å². The molecule has 2 aromatic heterocycles. The predicted octanol–water partition coefficient (Wildman–Crippen LogP) is 5.27. The highest BCUT2D eigenvalue weighted by molar-refractivity contribution is 9.10. The van der Waals surface area contributed by atoms with Gasteiger partial charge in [0.15, 0.2) is 9.84 Å². The molecule has 0 unspecified atom stereocenters. The maximum atomic E-state index is 13.2. The van der Waals surface area contributed by atoms with Gasteiger partial charge in [0.1, 0.15) is 12.4 Å². The van der Waals surface area contributed by atoms with E-state index in [2.05, 4.69) is 30.9 Å². The molecule has 0 amide bonds. The lowest BCUT2D eigenvalue weighted by atomic mass is 9.79. The SMILES string of the molecule is CN(C)[C@H]1C[C@@H](c2cccc(C(F)(F)F)c2)CC[C@@H]1Oc1ncc(S(=O)(=O)Cc2ccncn2)cc1Br. The smallest absolute Gasteiger partial charge is 0.416 e. The quantitative estimate of drug-likeness (QED) is 0.366. The number of likely N-dealkylation sites (N-methyl/N-ethyl adjacent to an activating group) is 1. The van der Waals surface area contributed by atoms with E-state index in [4.69, 9.17) is 4.74 Å². The van der Waals surface area contributed by atoms with E-state index in [9.17, 15) is 21.6 Å². The Hall–Kier alpha value is -2.57. The van der Waals surface area contributed by atoms with Gasteiger partial charge in [-0.2, -0.15) is 13.2 Å². The highest BCUT2D eigenvalue weighted by Gasteiger charge is 2.36. The van der Waals surface area contributed by atoms with Crippen LogP contribution in [0.4, 0.5) is 13.2 Å². The fourth-order valence-corrected chi connectivity index (χ4v) is 6.39. The molecular weight excluding hydrogens is 573 g/mol. The molecule has 0 bridgehead atoms. The molecular formula is C25H26BrF3N4O3S. The summed E-state index contributed by atoms with van der Waals surface area (Å²) in [6.07, 6.45) is 1.24. The van der Waals surface area contributed by atoms with Gasteiger partial charge < -0.3 is 9.64 Å². The highest BCUT2D eigenvalue weighted by atomic mass is 79.9. The number of sulfone groups is 1. The zero-order valence-corrected chi connectivity index (χ0v) is 22.6. The van der Waals surface area contributed by atoms with Gasteiger partial charge in [0.25, 0.3) is 0 Å². The average Bonchev–Trinajstić information content (AvgIpc) is 2.85. The Labute approximate surface area is 222 Å². The summed E-state index contributed by atoms with van der Waals surface area (Å²) in [6, 6.07) is 8.42. The average molecular weight is 599 g/mol. The van der Waals surface area contributed by atoms with E-state index in [1.165, 1.54) is 43.0 Å². The number of rotatable bonds is 7. The van der Waals surface area contributed by atoms with Crippen LogP contribution in [-0.4, -0.2) is 54.5 Å². The summed E-state index contributed by atoms with van der Waals surface area (Å²) in [5, 5.41) is 0. The minimum atomic E-state index is -4.39. The fourth-order valence-electron chi connectivity index (χ4n) is 4.56. The van der Waals surface area contributed by atoms with Crippen LogP contribution < -0.4 is 4.74 Å². The molecule has 0 radical (unpaired) electrons. The van der Waals surface area contributed by atoms with Crippen molar-refractivity contribution in [2.24, 2.45) is 0 Å². The van der Waals surface area contributed by atoms with Gasteiger partial charge in [-0.3, -0.25) is 0 Å². The monoisotopic (exact) mass is 598 g/mol. The van der Waals surface area contributed by atoms with Crippen molar-refractivity contribution in [3.8, 4) is 5.88 Å². The van der Waals surface area contributed by atoms with E-state index in [-0.39, 0.29) is 34.6 Å². The predicted molar refractivity (Wildman–Crippen MR) is 135 cm³/mol. The third-order valence-corrected chi connectivity index (χ3v) is 8.67. The van der Waals surface area contributed by atoms with E-state index in [0.29, 0.717) is 35.0 Å². The summed E-state index contributed by atoms with van der Waals surface area (Å²) in [7, 11) is 0.119. The van der Waals surface area contributed by atoms with Gasteiger partial charge >= 0.3 is 6.18 Å². The van der Waals surface area contributed by atoms with Crippen LogP contribution in [0.2, 0.25) is 0 Å². The largest absolute Gasteiger partial charge is 0.472 e. The van der Waals surface area contributed by atoms with Crippen LogP contribution in [-0.2, 0) is 21.8 Å². The van der Waals surface area contributed by atoms with Crippen molar-refractivity contribution >= 4 is 25.8 Å². The number of hydrogen-bond acceptors (Lipinski definition) is 7. The van der Waals surface area contributed by atoms with Crippen molar-refractivity contribution < 1.29 is 26.3 Å². The Kier molecular flexibility index (Phi) is 8.20. The van der Waals surface area contributed by atoms with Crippen molar-refractivity contribution in [1.82, 2.24) is 19.9 Å². The number of benzene rings is 1. The van der Waals surface area contributed by atoms with Crippen molar-refractivity contribution in [3.05, 3.63) is 76.4 Å². The summed E-state index contributed by atoms with van der Waals surface area (Å²) in [5.74, 6) is -0.0674. The Morgan fingerprint density at radius 1 is 1.14 bits per heavy atom. The van der Waals surface area contributed by atoms with Crippen molar-refractivity contribution in [2.75, 3.05) is 14.1 Å². The fraction of sp³-hybridized carbons (Fsp3) is 0.400. The van der Waals surface area contributed by atoms with Crippen LogP contribution in [0, 0.1) is 0 Å². The van der Waals surface area contributed by atoms with Gasteiger partial charge in [-0.1, -0.05) is 18.2 Å². The van der Waals surface area contributed by atoms with Crippen LogP contribution in [0.25, 0.3) is 0 Å². The standard InChI is InChI=1S/C25H26BrF3N4O3S/c1-33(2)22-11-17(16-4-3-5-18(10-16)25(27,28)29)6-7-23(22)36-24-21(26)12-20(13-31-24)37(34,35)14-19-8-9-30-15-32-19/h3-5,8-10,12-13,15,17,22-23H,6-7,11,14H2,1-2H3/t17-,22-,23-/m0/s1. The number of alkyl halides is 3. The van der Waals surface area contributed by atoms with Crippen LogP contribution >= 0.6 is 15.9 Å². The number of hydrogen-bond donors (Lipinski definition) is 0. The molecule has 1 aliphatic carbocycles. The topological polar surface area (TPSA) is 85.3 Å². The summed E-state index contributed by atoms with van der Waals surface area (Å²) in [4.78, 5) is 14.1. The normalized spacial score (nSPS) is 20.7. The molecule has 1 saturated carbocycles. The number of pyridine rings is 1. The zero-order chi connectivity index (χ0) is 26.8. The highest BCUT2D eigenvalue weighted by Crippen LogP contribution is 2.39. The van der Waals surface area contributed by atoms with Crippen molar-refractivity contribution in [3.63, 3.8) is 0 Å². The minimum Gasteiger partial charge on any atom is -0.472 e. The van der Waals surface area contributed by atoms with Crippen LogP contribution in [0.15, 0.2) is 64.5 Å². The van der Waals surface area contributed by atoms with Gasteiger partial charge in [0, 0.05) is 18.4 Å². The maximum absolute atomic E-state index is 13.2. The second-order valence-electron chi connectivity index (χ2n) is 9.24. The van der Waals surface area contributed by atoms with E-state index >= 15 is 0 Å². The summed E-state index contributed by atoms with van der Waals surface area (Å²) >= 11 is 3.39. The third-order valence-electron chi connectivity index (χ3n) is 6.49. The van der Waals surface area contributed by atoms with Gasteiger partial charge in [-0.25, -0.2) is 23.4 Å². The molecule has 37 heavy (non-hydrogen) atoms. The number of nitrogens with zero attached hydrogens (tertiary/aromatic N) is 4. The Bertz CT molecular complexity index is 1340. The lowest BCUT2D eigenvalue weighted by Gasteiger charge is -2.39.